The van der Waals surface area contributed by atoms with Gasteiger partial charge >= 0.3 is 13.3 Å². The second-order valence-electron chi connectivity index (χ2n) is 5.58. The Hall–Kier alpha value is -1.61. The summed E-state index contributed by atoms with van der Waals surface area (Å²) in [6.07, 6.45) is 0. The van der Waals surface area contributed by atoms with Gasteiger partial charge in [0.1, 0.15) is 5.75 Å². The average molecular weight is 314 g/mol. The van der Waals surface area contributed by atoms with Crippen LogP contribution in [-0.2, 0) is 4.74 Å². The van der Waals surface area contributed by atoms with E-state index in [1.807, 2.05) is 0 Å². The number of esters is 1. The quantitative estimate of drug-likeness (QED) is 0.468. The van der Waals surface area contributed by atoms with E-state index in [-0.39, 0.29) is 5.75 Å². The van der Waals surface area contributed by atoms with Crippen LogP contribution in [0.1, 0.15) is 38.1 Å². The summed E-state index contributed by atoms with van der Waals surface area (Å²) < 4.78 is 9.02. The monoisotopic (exact) mass is 314 g/mol. The van der Waals surface area contributed by atoms with Crippen LogP contribution in [-0.4, -0.2) is 51.9 Å². The first-order chi connectivity index (χ1) is 9.88. The van der Waals surface area contributed by atoms with Crippen molar-refractivity contribution >= 4 is 13.3 Å². The molecule has 0 saturated heterocycles. The van der Waals surface area contributed by atoms with Crippen molar-refractivity contribution in [2.24, 2.45) is 0 Å². The van der Waals surface area contributed by atoms with Gasteiger partial charge in [-0.3, -0.25) is 0 Å². The summed E-state index contributed by atoms with van der Waals surface area (Å²) in [5.41, 5.74) is -1.65. The SMILES string of the molecule is CC(C)(O)C(C)(C)O.COC(=O)c1ccc(OB(O)O)cc1. The fraction of sp³-hybridized carbons (Fsp3) is 0.500. The lowest BCUT2D eigenvalue weighted by molar-refractivity contribution is -0.107. The minimum absolute atomic E-state index is 0.257. The van der Waals surface area contributed by atoms with E-state index in [0.717, 1.165) is 0 Å². The van der Waals surface area contributed by atoms with E-state index in [2.05, 4.69) is 9.39 Å². The lowest BCUT2D eigenvalue weighted by Gasteiger charge is -2.31. The summed E-state index contributed by atoms with van der Waals surface area (Å²) >= 11 is 0. The standard InChI is InChI=1S/C8H9BO5.C6H14O2/c1-13-8(10)6-2-4-7(5-3-6)14-9(11)12;1-5(2,7)6(3,4)8/h2-5,11-12H,1H3;7-8H,1-4H3. The highest BCUT2D eigenvalue weighted by Gasteiger charge is 2.31. The number of ether oxygens (including phenoxy) is 1. The highest BCUT2D eigenvalue weighted by Crippen LogP contribution is 2.19. The first-order valence-corrected chi connectivity index (χ1v) is 6.54. The summed E-state index contributed by atoms with van der Waals surface area (Å²) in [6, 6.07) is 5.80. The van der Waals surface area contributed by atoms with Crippen molar-refractivity contribution in [1.82, 2.24) is 0 Å². The molecule has 0 fully saturated rings. The largest absolute Gasteiger partial charge is 0.707 e. The topological polar surface area (TPSA) is 116 Å². The van der Waals surface area contributed by atoms with Crippen LogP contribution in [0.15, 0.2) is 24.3 Å². The van der Waals surface area contributed by atoms with Crippen LogP contribution < -0.4 is 4.65 Å². The van der Waals surface area contributed by atoms with Crippen LogP contribution in [0.5, 0.6) is 5.75 Å². The Balaban J connectivity index is 0.000000472. The van der Waals surface area contributed by atoms with Gasteiger partial charge in [0.15, 0.2) is 0 Å². The second kappa shape index (κ2) is 8.14. The lowest BCUT2D eigenvalue weighted by Crippen LogP contribution is -2.44. The molecule has 0 aliphatic carbocycles. The highest BCUT2D eigenvalue weighted by atomic mass is 16.6. The smallest absolute Gasteiger partial charge is 0.512 e. The highest BCUT2D eigenvalue weighted by molar-refractivity contribution is 6.33. The van der Waals surface area contributed by atoms with Gasteiger partial charge in [0.05, 0.1) is 23.9 Å². The fourth-order valence-corrected chi connectivity index (χ4v) is 0.909. The number of carbonyl (C=O) groups is 1. The molecule has 0 unspecified atom stereocenters. The molecule has 1 rings (SSSR count). The van der Waals surface area contributed by atoms with E-state index in [0.29, 0.717) is 5.56 Å². The fourth-order valence-electron chi connectivity index (χ4n) is 0.909. The van der Waals surface area contributed by atoms with Gasteiger partial charge in [-0.1, -0.05) is 0 Å². The third-order valence-corrected chi connectivity index (χ3v) is 3.01. The molecule has 0 aliphatic rings. The Morgan fingerprint density at radius 3 is 1.68 bits per heavy atom. The molecule has 0 aromatic heterocycles. The summed E-state index contributed by atoms with van der Waals surface area (Å²) in [6.45, 7) is 6.31. The summed E-state index contributed by atoms with van der Waals surface area (Å²) in [4.78, 5) is 11.0. The summed E-state index contributed by atoms with van der Waals surface area (Å²) in [7, 11) is -0.580. The third-order valence-electron chi connectivity index (χ3n) is 3.01. The molecule has 4 N–H and O–H groups in total. The van der Waals surface area contributed by atoms with E-state index < -0.39 is 24.5 Å². The molecule has 124 valence electrons. The lowest BCUT2D eigenvalue weighted by atomic mass is 9.90. The van der Waals surface area contributed by atoms with E-state index >= 15 is 0 Å². The van der Waals surface area contributed by atoms with Gasteiger partial charge in [-0.2, -0.15) is 0 Å². The minimum atomic E-state index is -1.86. The average Bonchev–Trinajstić information content (AvgIpc) is 2.36. The van der Waals surface area contributed by atoms with E-state index in [1.54, 1.807) is 27.7 Å². The first kappa shape index (κ1) is 20.4. The van der Waals surface area contributed by atoms with Crippen molar-refractivity contribution in [3.05, 3.63) is 29.8 Å². The van der Waals surface area contributed by atoms with Crippen molar-refractivity contribution in [2.45, 2.75) is 38.9 Å². The maximum absolute atomic E-state index is 11.0. The number of carbonyl (C=O) groups excluding carboxylic acids is 1. The number of aliphatic hydroxyl groups is 2. The van der Waals surface area contributed by atoms with Gasteiger partial charge in [-0.15, -0.1) is 0 Å². The van der Waals surface area contributed by atoms with Gasteiger partial charge in [-0.05, 0) is 52.0 Å². The molecule has 0 spiro atoms. The van der Waals surface area contributed by atoms with E-state index in [4.69, 9.17) is 20.3 Å². The molecule has 0 heterocycles. The molecule has 8 heteroatoms. The minimum Gasteiger partial charge on any atom is -0.512 e. The molecule has 0 atom stereocenters. The van der Waals surface area contributed by atoms with Crippen molar-refractivity contribution in [2.75, 3.05) is 7.11 Å². The molecule has 22 heavy (non-hydrogen) atoms. The van der Waals surface area contributed by atoms with Crippen LogP contribution in [0.3, 0.4) is 0 Å². The number of benzene rings is 1. The molecule has 0 bridgehead atoms. The van der Waals surface area contributed by atoms with Crippen LogP contribution in [0, 0.1) is 0 Å². The molecular weight excluding hydrogens is 291 g/mol. The van der Waals surface area contributed by atoms with Crippen LogP contribution in [0.2, 0.25) is 0 Å². The van der Waals surface area contributed by atoms with Gasteiger partial charge in [0.2, 0.25) is 0 Å². The Bertz CT molecular complexity index is 446. The van der Waals surface area contributed by atoms with Crippen molar-refractivity contribution in [3.8, 4) is 5.75 Å². The van der Waals surface area contributed by atoms with Gasteiger partial charge in [0.25, 0.3) is 0 Å². The van der Waals surface area contributed by atoms with Crippen molar-refractivity contribution in [3.63, 3.8) is 0 Å². The normalized spacial score (nSPS) is 11.1. The van der Waals surface area contributed by atoms with Crippen molar-refractivity contribution in [1.29, 1.82) is 0 Å². The number of hydrogen-bond acceptors (Lipinski definition) is 7. The number of hydrogen-bond donors (Lipinski definition) is 4. The predicted octanol–water partition coefficient (Wildman–Crippen LogP) is 0.350. The van der Waals surface area contributed by atoms with E-state index in [1.165, 1.54) is 31.4 Å². The maximum Gasteiger partial charge on any atom is 0.707 e. The zero-order valence-electron chi connectivity index (χ0n) is 13.4. The third kappa shape index (κ3) is 7.42. The molecule has 0 amide bonds. The second-order valence-corrected chi connectivity index (χ2v) is 5.58. The Morgan fingerprint density at radius 1 is 1.00 bits per heavy atom. The van der Waals surface area contributed by atoms with Crippen LogP contribution in [0.4, 0.5) is 0 Å². The zero-order chi connectivity index (χ0) is 17.6. The Labute approximate surface area is 130 Å². The van der Waals surface area contributed by atoms with Crippen LogP contribution >= 0.6 is 0 Å². The summed E-state index contributed by atoms with van der Waals surface area (Å²) in [5, 5.41) is 35.2. The van der Waals surface area contributed by atoms with Gasteiger partial charge in [0, 0.05) is 0 Å². The molecule has 0 aliphatic heterocycles. The molecule has 1 aromatic carbocycles. The summed E-state index contributed by atoms with van der Waals surface area (Å²) in [5.74, 6) is -0.200. The van der Waals surface area contributed by atoms with Gasteiger partial charge in [-0.25, -0.2) is 4.79 Å². The van der Waals surface area contributed by atoms with Gasteiger partial charge < -0.3 is 29.7 Å². The molecule has 0 saturated carbocycles. The molecular formula is C14H23BO7. The zero-order valence-corrected chi connectivity index (χ0v) is 13.4. The van der Waals surface area contributed by atoms with Crippen molar-refractivity contribution < 1.29 is 34.4 Å². The van der Waals surface area contributed by atoms with Crippen LogP contribution in [0.25, 0.3) is 0 Å². The number of rotatable bonds is 4. The number of methoxy groups -OCH3 is 1. The molecule has 7 nitrogen and oxygen atoms in total. The van der Waals surface area contributed by atoms with E-state index in [9.17, 15) is 4.79 Å². The Morgan fingerprint density at radius 2 is 1.41 bits per heavy atom. The first-order valence-electron chi connectivity index (χ1n) is 6.54. The predicted molar refractivity (Wildman–Crippen MR) is 81.2 cm³/mol. The molecule has 0 radical (unpaired) electrons. The molecule has 1 aromatic rings. The Kier molecular flexibility index (Phi) is 7.55. The maximum atomic E-state index is 11.0.